The number of nitrogens with one attached hydrogen (secondary N) is 1. The number of fused-ring (bicyclic) bond motifs is 1. The van der Waals surface area contributed by atoms with Crippen molar-refractivity contribution in [1.29, 1.82) is 0 Å². The van der Waals surface area contributed by atoms with Gasteiger partial charge in [0, 0.05) is 23.6 Å². The smallest absolute Gasteiger partial charge is 0.543 e. The van der Waals surface area contributed by atoms with Gasteiger partial charge in [0.1, 0.15) is 36.0 Å². The van der Waals surface area contributed by atoms with Gasteiger partial charge in [-0.05, 0) is 12.2 Å². The number of allylic oxidation sites excluding steroid dienone is 1. The van der Waals surface area contributed by atoms with Gasteiger partial charge in [-0.1, -0.05) is 0 Å². The van der Waals surface area contributed by atoms with Crippen molar-refractivity contribution in [2.45, 2.75) is 18.3 Å². The van der Waals surface area contributed by atoms with Crippen LogP contribution < -0.4 is 45.7 Å². The van der Waals surface area contributed by atoms with Crippen molar-refractivity contribution in [3.05, 3.63) is 40.3 Å². The molecule has 2 atom stereocenters. The van der Waals surface area contributed by atoms with Gasteiger partial charge in [-0.3, -0.25) is 19.3 Å². The van der Waals surface area contributed by atoms with Gasteiger partial charge >= 0.3 is 35.5 Å². The normalized spacial score (nSPS) is 22.6. The molecule has 11 nitrogen and oxygen atoms in total. The van der Waals surface area contributed by atoms with Gasteiger partial charge < -0.3 is 30.4 Å². The summed E-state index contributed by atoms with van der Waals surface area (Å²) in [6.07, 6.45) is 3.36. The molecule has 0 aromatic carbocycles. The molecule has 4 rings (SSSR count). The van der Waals surface area contributed by atoms with Crippen molar-refractivity contribution in [1.82, 2.24) is 15.2 Å². The summed E-state index contributed by atoms with van der Waals surface area (Å²) in [6, 6.07) is -0.964. The fourth-order valence-electron chi connectivity index (χ4n) is 3.44. The topological polar surface area (TPSA) is 164 Å². The van der Waals surface area contributed by atoms with E-state index in [0.717, 1.165) is 16.2 Å². The number of aromatic nitrogens is 1. The van der Waals surface area contributed by atoms with Gasteiger partial charge in [-0.25, -0.2) is 4.98 Å². The summed E-state index contributed by atoms with van der Waals surface area (Å²) in [5, 5.41) is 15.6. The minimum atomic E-state index is -1.55. The number of carboxylic acid groups (broad SMARTS) is 1. The molecule has 0 spiro atoms. The Bertz CT molecular complexity index is 1110. The molecule has 1 unspecified atom stereocenters. The number of nitrogen functional groups attached to an aromatic ring is 1. The Labute approximate surface area is 218 Å². The van der Waals surface area contributed by atoms with Crippen molar-refractivity contribution in [2.24, 2.45) is 0 Å². The van der Waals surface area contributed by atoms with Gasteiger partial charge in [0.25, 0.3) is 11.8 Å². The Balaban J connectivity index is 0.00000306. The maximum absolute atomic E-state index is 13.1. The molecule has 1 saturated heterocycles. The first-order chi connectivity index (χ1) is 15.3. The predicted molar refractivity (Wildman–Crippen MR) is 112 cm³/mol. The van der Waals surface area contributed by atoms with E-state index in [2.05, 4.69) is 10.3 Å². The van der Waals surface area contributed by atoms with E-state index in [0.29, 0.717) is 18.1 Å². The summed E-state index contributed by atoms with van der Waals surface area (Å²) >= 11 is 2.40. The molecule has 1 fully saturated rings. The third-order valence-corrected chi connectivity index (χ3v) is 6.85. The SMILES string of the molecule is CC(=O)OCC1=C(C(=O)[O-])N2C(=O)C(NC(=O)/C(=C3/C=CCO3)c3csc(N)n3)[C@@H]2SC1.[Na+]. The van der Waals surface area contributed by atoms with E-state index >= 15 is 0 Å². The van der Waals surface area contributed by atoms with Crippen molar-refractivity contribution in [3.63, 3.8) is 0 Å². The number of hydrogen-bond acceptors (Lipinski definition) is 11. The van der Waals surface area contributed by atoms with Gasteiger partial charge in [0.2, 0.25) is 0 Å². The zero-order chi connectivity index (χ0) is 23.0. The van der Waals surface area contributed by atoms with Crippen molar-refractivity contribution in [2.75, 3.05) is 24.7 Å². The summed E-state index contributed by atoms with van der Waals surface area (Å²) in [5.41, 5.74) is 6.06. The monoisotopic (exact) mass is 500 g/mol. The predicted octanol–water partition coefficient (Wildman–Crippen LogP) is -4.01. The number of amides is 2. The minimum absolute atomic E-state index is 0. The van der Waals surface area contributed by atoms with Crippen molar-refractivity contribution in [3.8, 4) is 0 Å². The number of carboxylic acids is 1. The first-order valence-electron chi connectivity index (χ1n) is 9.35. The quantitative estimate of drug-likeness (QED) is 0.170. The Morgan fingerprint density at radius 1 is 1.42 bits per heavy atom. The Kier molecular flexibility index (Phi) is 7.90. The number of carbonyl (C=O) groups excluding carboxylic acids is 4. The fourth-order valence-corrected chi connectivity index (χ4v) is 5.32. The zero-order valence-corrected chi connectivity index (χ0v) is 21.3. The summed E-state index contributed by atoms with van der Waals surface area (Å²) in [7, 11) is 0. The Hall–Kier alpha value is -2.32. The average molecular weight is 500 g/mol. The van der Waals surface area contributed by atoms with E-state index in [9.17, 15) is 24.3 Å². The molecule has 4 heterocycles. The second-order valence-electron chi connectivity index (χ2n) is 6.90. The third-order valence-electron chi connectivity index (χ3n) is 4.83. The molecular weight excluding hydrogens is 483 g/mol. The van der Waals surface area contributed by atoms with Crippen LogP contribution in [0.1, 0.15) is 12.6 Å². The molecule has 33 heavy (non-hydrogen) atoms. The molecular formula is C19H17N4NaO7S2. The molecule has 2 amide bonds. The number of hydrogen-bond donors (Lipinski definition) is 2. The van der Waals surface area contributed by atoms with Crippen LogP contribution in [0.2, 0.25) is 0 Å². The van der Waals surface area contributed by atoms with Gasteiger partial charge in [0.15, 0.2) is 5.13 Å². The van der Waals surface area contributed by atoms with Gasteiger partial charge in [-0.2, -0.15) is 0 Å². The molecule has 3 N–H and O–H groups in total. The number of aliphatic carboxylic acids is 1. The van der Waals surface area contributed by atoms with Crippen LogP contribution in [-0.2, 0) is 28.7 Å². The number of thioether (sulfide) groups is 1. The molecule has 1 aromatic rings. The second-order valence-corrected chi connectivity index (χ2v) is 8.90. The maximum Gasteiger partial charge on any atom is 1.00 e. The van der Waals surface area contributed by atoms with Crippen LogP contribution in [0.3, 0.4) is 0 Å². The number of rotatable bonds is 6. The first kappa shape index (κ1) is 25.3. The average Bonchev–Trinajstić information content (AvgIpc) is 3.42. The van der Waals surface area contributed by atoms with Crippen LogP contribution in [0.15, 0.2) is 34.6 Å². The number of nitrogens with two attached hydrogens (primary N) is 1. The van der Waals surface area contributed by atoms with Crippen LogP contribution >= 0.6 is 23.1 Å². The number of esters is 1. The molecule has 0 saturated carbocycles. The van der Waals surface area contributed by atoms with Crippen LogP contribution in [0.5, 0.6) is 0 Å². The van der Waals surface area contributed by atoms with Crippen LogP contribution in [-0.4, -0.2) is 64.0 Å². The molecule has 3 aliphatic rings. The standard InChI is InChI=1S/C19H18N4O7S2.Na/c1-8(24)30-5-9-6-31-17-13(16(26)23(17)14(9)18(27)28)22-15(25)12(11-3-2-4-29-11)10-7-32-19(20)21-10;/h2-3,7,13,17H,4-6H2,1H3,(H2,20,21)(H,22,25)(H,27,28);/q;+1/p-1/b12-11-;/t13?,17-;/m0./s1. The number of ether oxygens (including phenoxy) is 2. The fraction of sp³-hybridized carbons (Fsp3) is 0.316. The summed E-state index contributed by atoms with van der Waals surface area (Å²) in [5.74, 6) is -2.85. The van der Waals surface area contributed by atoms with E-state index < -0.39 is 35.2 Å². The van der Waals surface area contributed by atoms with Crippen molar-refractivity contribution >= 4 is 57.6 Å². The van der Waals surface area contributed by atoms with Gasteiger partial charge in [-0.15, -0.1) is 23.1 Å². The maximum atomic E-state index is 13.1. The molecule has 168 valence electrons. The van der Waals surface area contributed by atoms with Gasteiger partial charge in [0.05, 0.1) is 17.4 Å². The molecule has 3 aliphatic heterocycles. The van der Waals surface area contributed by atoms with Crippen LogP contribution in [0.25, 0.3) is 5.57 Å². The minimum Gasteiger partial charge on any atom is -0.543 e. The molecule has 0 bridgehead atoms. The summed E-state index contributed by atoms with van der Waals surface area (Å²) in [6.45, 7) is 1.24. The molecule has 0 radical (unpaired) electrons. The van der Waals surface area contributed by atoms with E-state index in [1.807, 2.05) is 0 Å². The Morgan fingerprint density at radius 2 is 2.18 bits per heavy atom. The molecule has 14 heteroatoms. The summed E-state index contributed by atoms with van der Waals surface area (Å²) < 4.78 is 10.4. The van der Waals surface area contributed by atoms with Crippen LogP contribution in [0.4, 0.5) is 5.13 Å². The van der Waals surface area contributed by atoms with Crippen LogP contribution in [0, 0.1) is 0 Å². The number of carbonyl (C=O) groups is 4. The first-order valence-corrected chi connectivity index (χ1v) is 11.3. The summed E-state index contributed by atoms with van der Waals surface area (Å²) in [4.78, 5) is 53.8. The number of anilines is 1. The largest absolute Gasteiger partial charge is 1.00 e. The number of thiazole rings is 1. The van der Waals surface area contributed by atoms with E-state index in [1.54, 1.807) is 17.5 Å². The van der Waals surface area contributed by atoms with E-state index in [-0.39, 0.29) is 63.9 Å². The zero-order valence-electron chi connectivity index (χ0n) is 17.7. The third kappa shape index (κ3) is 4.96. The van der Waals surface area contributed by atoms with E-state index in [4.69, 9.17) is 15.2 Å². The number of nitrogens with zero attached hydrogens (tertiary/aromatic N) is 2. The number of β-lactam (4-membered cyclic amide) rings is 1. The van der Waals surface area contributed by atoms with Crippen molar-refractivity contribution < 1.29 is 63.3 Å². The second kappa shape index (κ2) is 10.3. The van der Waals surface area contributed by atoms with E-state index in [1.165, 1.54) is 18.7 Å². The Morgan fingerprint density at radius 3 is 2.76 bits per heavy atom. The molecule has 0 aliphatic carbocycles. The molecule has 1 aromatic heterocycles.